The molecule has 0 bridgehead atoms. The lowest BCUT2D eigenvalue weighted by molar-refractivity contribution is -0.140. The van der Waals surface area contributed by atoms with Crippen molar-refractivity contribution in [2.45, 2.75) is 45.8 Å². The van der Waals surface area contributed by atoms with Gasteiger partial charge in [-0.3, -0.25) is 13.9 Å². The zero-order chi connectivity index (χ0) is 29.6. The molecular weight excluding hydrogens is 593 g/mol. The Labute approximate surface area is 251 Å². The molecule has 7 nitrogen and oxygen atoms in total. The lowest BCUT2D eigenvalue weighted by Gasteiger charge is -2.34. The number of nitrogens with zero attached hydrogens (tertiary/aromatic N) is 2. The Morgan fingerprint density at radius 1 is 0.925 bits per heavy atom. The van der Waals surface area contributed by atoms with Crippen LogP contribution in [0.3, 0.4) is 0 Å². The molecule has 0 unspecified atom stereocenters. The van der Waals surface area contributed by atoms with Gasteiger partial charge in [0, 0.05) is 34.1 Å². The van der Waals surface area contributed by atoms with E-state index < -0.39 is 28.5 Å². The number of hydrogen-bond acceptors (Lipinski definition) is 4. The van der Waals surface area contributed by atoms with Crippen molar-refractivity contribution in [3.8, 4) is 0 Å². The van der Waals surface area contributed by atoms with Crippen LogP contribution in [0.25, 0.3) is 0 Å². The van der Waals surface area contributed by atoms with Crippen LogP contribution in [0.1, 0.15) is 30.5 Å². The Bertz CT molecular complexity index is 1470. The first-order valence-electron chi connectivity index (χ1n) is 12.6. The zero-order valence-corrected chi connectivity index (χ0v) is 25.8. The number of hydrogen-bond donors (Lipinski definition) is 1. The van der Waals surface area contributed by atoms with Crippen LogP contribution in [-0.4, -0.2) is 50.0 Å². The maximum Gasteiger partial charge on any atom is 0.244 e. The maximum absolute atomic E-state index is 14.1. The van der Waals surface area contributed by atoms with E-state index in [2.05, 4.69) is 5.32 Å². The summed E-state index contributed by atoms with van der Waals surface area (Å²) >= 11 is 18.8. The van der Waals surface area contributed by atoms with Gasteiger partial charge in [-0.1, -0.05) is 77.3 Å². The van der Waals surface area contributed by atoms with Crippen LogP contribution in [0.15, 0.2) is 66.7 Å². The number of benzene rings is 3. The van der Waals surface area contributed by atoms with E-state index in [0.717, 1.165) is 16.1 Å². The minimum atomic E-state index is -3.91. The largest absolute Gasteiger partial charge is 0.352 e. The summed E-state index contributed by atoms with van der Waals surface area (Å²) in [6.07, 6.45) is 1.22. The predicted molar refractivity (Wildman–Crippen MR) is 163 cm³/mol. The highest BCUT2D eigenvalue weighted by atomic mass is 35.5. The molecular formula is C29H32Cl3N3O4S. The SMILES string of the molecule is Cc1ccc(Cl)cc1N(CC(=O)N(Cc1ccc(Cl)cc1Cl)[C@H](Cc1ccccc1)C(=O)NC(C)C)S(C)(=O)=O. The Morgan fingerprint density at radius 3 is 2.15 bits per heavy atom. The van der Waals surface area contributed by atoms with E-state index in [4.69, 9.17) is 34.8 Å². The normalized spacial score (nSPS) is 12.2. The number of carbonyl (C=O) groups excluding carboxylic acids is 2. The summed E-state index contributed by atoms with van der Waals surface area (Å²) in [5.74, 6) is -0.960. The summed E-state index contributed by atoms with van der Waals surface area (Å²) in [6.45, 7) is 4.78. The molecule has 0 aliphatic carbocycles. The first-order valence-corrected chi connectivity index (χ1v) is 15.6. The molecule has 3 aromatic rings. The van der Waals surface area contributed by atoms with Crippen molar-refractivity contribution in [3.63, 3.8) is 0 Å². The molecule has 0 saturated heterocycles. The average molecular weight is 625 g/mol. The van der Waals surface area contributed by atoms with E-state index in [9.17, 15) is 18.0 Å². The number of aryl methyl sites for hydroxylation is 1. The molecule has 0 aromatic heterocycles. The van der Waals surface area contributed by atoms with Gasteiger partial charge in [0.1, 0.15) is 12.6 Å². The van der Waals surface area contributed by atoms with Crippen molar-refractivity contribution >= 4 is 62.3 Å². The summed E-state index contributed by atoms with van der Waals surface area (Å²) in [7, 11) is -3.91. The summed E-state index contributed by atoms with van der Waals surface area (Å²) in [5, 5.41) is 3.97. The van der Waals surface area contributed by atoms with Crippen LogP contribution in [0, 0.1) is 6.92 Å². The highest BCUT2D eigenvalue weighted by Crippen LogP contribution is 2.28. The first kappa shape index (κ1) is 31.7. The standard InChI is InChI=1S/C29H32Cl3N3O4S/c1-19(2)33-29(37)27(14-21-8-6-5-7-9-21)34(17-22-11-13-23(30)15-25(22)32)28(36)18-35(40(4,38)39)26-16-24(31)12-10-20(26)3/h5-13,15-16,19,27H,14,17-18H2,1-4H3,(H,33,37)/t27-/m1/s1. The van der Waals surface area contributed by atoms with Crippen LogP contribution in [-0.2, 0) is 32.6 Å². The fraction of sp³-hybridized carbons (Fsp3) is 0.310. The second-order valence-corrected chi connectivity index (χ2v) is 13.0. The van der Waals surface area contributed by atoms with Gasteiger partial charge in [0.15, 0.2) is 0 Å². The van der Waals surface area contributed by atoms with Crippen LogP contribution in [0.2, 0.25) is 15.1 Å². The Balaban J connectivity index is 2.11. The van der Waals surface area contributed by atoms with Crippen molar-refractivity contribution in [2.24, 2.45) is 0 Å². The number of sulfonamides is 1. The van der Waals surface area contributed by atoms with E-state index in [1.807, 2.05) is 44.2 Å². The van der Waals surface area contributed by atoms with Crippen molar-refractivity contribution < 1.29 is 18.0 Å². The molecule has 0 spiro atoms. The third-order valence-corrected chi connectivity index (χ3v) is 8.13. The molecule has 0 aliphatic heterocycles. The molecule has 0 fully saturated rings. The number of rotatable bonds is 11. The van der Waals surface area contributed by atoms with Gasteiger partial charge >= 0.3 is 0 Å². The van der Waals surface area contributed by atoms with E-state index in [0.29, 0.717) is 26.2 Å². The van der Waals surface area contributed by atoms with Crippen molar-refractivity contribution in [1.29, 1.82) is 0 Å². The van der Waals surface area contributed by atoms with Gasteiger partial charge in [0.25, 0.3) is 0 Å². The Kier molecular flexibility index (Phi) is 10.9. The van der Waals surface area contributed by atoms with E-state index in [1.54, 1.807) is 37.3 Å². The molecule has 1 atom stereocenters. The molecule has 1 N–H and O–H groups in total. The summed E-state index contributed by atoms with van der Waals surface area (Å²) in [5.41, 5.74) is 2.28. The van der Waals surface area contributed by atoms with Crippen molar-refractivity contribution in [2.75, 3.05) is 17.1 Å². The summed E-state index contributed by atoms with van der Waals surface area (Å²) in [4.78, 5) is 29.1. The average Bonchev–Trinajstić information content (AvgIpc) is 2.86. The second kappa shape index (κ2) is 13.7. The fourth-order valence-electron chi connectivity index (χ4n) is 4.21. The number of nitrogens with one attached hydrogen (secondary N) is 1. The van der Waals surface area contributed by atoms with Gasteiger partial charge in [-0.15, -0.1) is 0 Å². The van der Waals surface area contributed by atoms with Gasteiger partial charge in [-0.2, -0.15) is 0 Å². The number of anilines is 1. The molecule has 2 amide bonds. The van der Waals surface area contributed by atoms with Crippen LogP contribution in [0.5, 0.6) is 0 Å². The number of amides is 2. The van der Waals surface area contributed by atoms with Gasteiger partial charge in [-0.05, 0) is 61.7 Å². The molecule has 0 saturated carbocycles. The predicted octanol–water partition coefficient (Wildman–Crippen LogP) is 5.89. The van der Waals surface area contributed by atoms with Gasteiger partial charge in [0.2, 0.25) is 21.8 Å². The van der Waals surface area contributed by atoms with Crippen molar-refractivity contribution in [3.05, 3.63) is 98.5 Å². The Morgan fingerprint density at radius 2 is 1.55 bits per heavy atom. The van der Waals surface area contributed by atoms with E-state index in [1.165, 1.54) is 11.0 Å². The molecule has 214 valence electrons. The Hall–Kier alpha value is -2.78. The number of halogens is 3. The highest BCUT2D eigenvalue weighted by molar-refractivity contribution is 7.92. The highest BCUT2D eigenvalue weighted by Gasteiger charge is 2.34. The fourth-order valence-corrected chi connectivity index (χ4v) is 5.75. The topological polar surface area (TPSA) is 86.8 Å². The molecule has 11 heteroatoms. The molecule has 0 heterocycles. The van der Waals surface area contributed by atoms with Crippen LogP contribution in [0.4, 0.5) is 5.69 Å². The van der Waals surface area contributed by atoms with E-state index >= 15 is 0 Å². The van der Waals surface area contributed by atoms with Gasteiger partial charge in [0.05, 0.1) is 11.9 Å². The van der Waals surface area contributed by atoms with Crippen molar-refractivity contribution in [1.82, 2.24) is 10.2 Å². The van der Waals surface area contributed by atoms with Crippen LogP contribution >= 0.6 is 34.8 Å². The lowest BCUT2D eigenvalue weighted by atomic mass is 10.0. The van der Waals surface area contributed by atoms with Gasteiger partial charge < -0.3 is 10.2 Å². The maximum atomic E-state index is 14.1. The second-order valence-electron chi connectivity index (χ2n) is 9.83. The lowest BCUT2D eigenvalue weighted by Crippen LogP contribution is -2.54. The zero-order valence-electron chi connectivity index (χ0n) is 22.7. The third kappa shape index (κ3) is 8.61. The molecule has 0 radical (unpaired) electrons. The summed E-state index contributed by atoms with van der Waals surface area (Å²) in [6, 6.07) is 17.8. The van der Waals surface area contributed by atoms with Crippen LogP contribution < -0.4 is 9.62 Å². The molecule has 0 aliphatic rings. The molecule has 3 aromatic carbocycles. The molecule has 40 heavy (non-hydrogen) atoms. The number of carbonyl (C=O) groups is 2. The quantitative estimate of drug-likeness (QED) is 0.289. The summed E-state index contributed by atoms with van der Waals surface area (Å²) < 4.78 is 26.9. The monoisotopic (exact) mass is 623 g/mol. The third-order valence-electron chi connectivity index (χ3n) is 6.18. The minimum absolute atomic E-state index is 0.0516. The smallest absolute Gasteiger partial charge is 0.244 e. The first-order chi connectivity index (χ1) is 18.8. The minimum Gasteiger partial charge on any atom is -0.352 e. The van der Waals surface area contributed by atoms with Gasteiger partial charge in [-0.25, -0.2) is 8.42 Å². The van der Waals surface area contributed by atoms with E-state index in [-0.39, 0.29) is 30.6 Å². The molecule has 3 rings (SSSR count).